The Balaban J connectivity index is 1.50. The lowest BCUT2D eigenvalue weighted by molar-refractivity contribution is -0.117. The molecule has 0 spiro atoms. The maximum atomic E-state index is 12.2. The molecule has 128 valence electrons. The normalized spacial score (nSPS) is 11.7. The van der Waals surface area contributed by atoms with E-state index in [1.807, 2.05) is 54.6 Å². The van der Waals surface area contributed by atoms with Crippen molar-refractivity contribution < 1.29 is 14.3 Å². The average molecular weight is 355 g/mol. The fourth-order valence-corrected chi connectivity index (χ4v) is 3.02. The zero-order valence-corrected chi connectivity index (χ0v) is 14.4. The van der Waals surface area contributed by atoms with Crippen LogP contribution in [0, 0.1) is 0 Å². The second-order valence-corrected chi connectivity index (χ2v) is 6.43. The summed E-state index contributed by atoms with van der Waals surface area (Å²) < 4.78 is 6.09. The van der Waals surface area contributed by atoms with Crippen LogP contribution in [0.1, 0.15) is 12.5 Å². The molecule has 0 fully saturated rings. The molecule has 25 heavy (non-hydrogen) atoms. The van der Waals surface area contributed by atoms with E-state index in [1.54, 1.807) is 6.92 Å². The largest absolute Gasteiger partial charge is 0.445 e. The first-order valence-electron chi connectivity index (χ1n) is 7.75. The zero-order valence-electron chi connectivity index (χ0n) is 13.6. The SMILES string of the molecule is C[C@@H](NC(=O)OCc1ccccc1)C(=O)Nc1nc2ccccc2s1. The van der Waals surface area contributed by atoms with Crippen LogP contribution < -0.4 is 10.6 Å². The van der Waals surface area contributed by atoms with Gasteiger partial charge in [-0.05, 0) is 24.6 Å². The summed E-state index contributed by atoms with van der Waals surface area (Å²) in [5, 5.41) is 5.71. The third-order valence-electron chi connectivity index (χ3n) is 3.46. The number of benzene rings is 2. The summed E-state index contributed by atoms with van der Waals surface area (Å²) in [5.74, 6) is -0.351. The van der Waals surface area contributed by atoms with Crippen molar-refractivity contribution in [2.24, 2.45) is 0 Å². The molecule has 1 heterocycles. The number of thiazole rings is 1. The van der Waals surface area contributed by atoms with Crippen LogP contribution in [0.5, 0.6) is 0 Å². The van der Waals surface area contributed by atoms with Gasteiger partial charge in [-0.15, -0.1) is 0 Å². The topological polar surface area (TPSA) is 80.3 Å². The van der Waals surface area contributed by atoms with Crippen LogP contribution in [0.4, 0.5) is 9.93 Å². The fourth-order valence-electron chi connectivity index (χ4n) is 2.15. The van der Waals surface area contributed by atoms with Gasteiger partial charge in [-0.3, -0.25) is 4.79 Å². The first kappa shape index (κ1) is 16.9. The molecule has 1 atom stereocenters. The van der Waals surface area contributed by atoms with Crippen LogP contribution in [0.3, 0.4) is 0 Å². The number of carbonyl (C=O) groups is 2. The minimum absolute atomic E-state index is 0.152. The smallest absolute Gasteiger partial charge is 0.408 e. The van der Waals surface area contributed by atoms with Crippen molar-refractivity contribution in [3.8, 4) is 0 Å². The van der Waals surface area contributed by atoms with Crippen LogP contribution >= 0.6 is 11.3 Å². The molecule has 0 saturated carbocycles. The summed E-state index contributed by atoms with van der Waals surface area (Å²) in [4.78, 5) is 28.3. The summed E-state index contributed by atoms with van der Waals surface area (Å²) in [6.45, 7) is 1.74. The van der Waals surface area contributed by atoms with Crippen molar-refractivity contribution in [2.45, 2.75) is 19.6 Å². The minimum atomic E-state index is -0.740. The van der Waals surface area contributed by atoms with Crippen LogP contribution in [0.25, 0.3) is 10.2 Å². The Morgan fingerprint density at radius 3 is 2.60 bits per heavy atom. The number of anilines is 1. The molecule has 0 aliphatic rings. The average Bonchev–Trinajstić information content (AvgIpc) is 3.03. The van der Waals surface area contributed by atoms with E-state index < -0.39 is 12.1 Å². The molecule has 0 radical (unpaired) electrons. The Labute approximate surface area is 148 Å². The molecule has 0 aliphatic carbocycles. The summed E-state index contributed by atoms with van der Waals surface area (Å²) in [5.41, 5.74) is 1.70. The first-order chi connectivity index (χ1) is 12.1. The van der Waals surface area contributed by atoms with E-state index in [1.165, 1.54) is 11.3 Å². The van der Waals surface area contributed by atoms with Crippen LogP contribution in [0.2, 0.25) is 0 Å². The van der Waals surface area contributed by atoms with Gasteiger partial charge in [-0.1, -0.05) is 53.8 Å². The summed E-state index contributed by atoms with van der Waals surface area (Å²) in [7, 11) is 0. The van der Waals surface area contributed by atoms with E-state index >= 15 is 0 Å². The molecule has 2 aromatic carbocycles. The molecular formula is C18H17N3O3S. The summed E-state index contributed by atoms with van der Waals surface area (Å²) in [6.07, 6.45) is -0.643. The van der Waals surface area contributed by atoms with Gasteiger partial charge in [-0.2, -0.15) is 0 Å². The minimum Gasteiger partial charge on any atom is -0.445 e. The number of para-hydroxylation sites is 1. The summed E-state index contributed by atoms with van der Waals surface area (Å²) in [6, 6.07) is 16.2. The van der Waals surface area contributed by atoms with Gasteiger partial charge in [0.2, 0.25) is 5.91 Å². The molecule has 2 N–H and O–H groups in total. The van der Waals surface area contributed by atoms with Gasteiger partial charge in [0.05, 0.1) is 10.2 Å². The molecule has 0 bridgehead atoms. The lowest BCUT2D eigenvalue weighted by Gasteiger charge is -2.13. The number of rotatable bonds is 5. The van der Waals surface area contributed by atoms with E-state index in [0.29, 0.717) is 5.13 Å². The number of nitrogens with zero attached hydrogens (tertiary/aromatic N) is 1. The van der Waals surface area contributed by atoms with E-state index in [-0.39, 0.29) is 12.5 Å². The van der Waals surface area contributed by atoms with E-state index in [0.717, 1.165) is 15.8 Å². The van der Waals surface area contributed by atoms with E-state index in [4.69, 9.17) is 4.74 Å². The van der Waals surface area contributed by atoms with Crippen LogP contribution in [0.15, 0.2) is 54.6 Å². The number of carbonyl (C=O) groups excluding carboxylic acids is 2. The number of fused-ring (bicyclic) bond motifs is 1. The summed E-state index contributed by atoms with van der Waals surface area (Å²) >= 11 is 1.38. The Hall–Kier alpha value is -2.93. The lowest BCUT2D eigenvalue weighted by atomic mass is 10.2. The third-order valence-corrected chi connectivity index (χ3v) is 4.42. The number of hydrogen-bond donors (Lipinski definition) is 2. The van der Waals surface area contributed by atoms with Gasteiger partial charge in [0.25, 0.3) is 0 Å². The molecule has 2 amide bonds. The zero-order chi connectivity index (χ0) is 17.6. The first-order valence-corrected chi connectivity index (χ1v) is 8.57. The van der Waals surface area contributed by atoms with Gasteiger partial charge >= 0.3 is 6.09 Å². The predicted molar refractivity (Wildman–Crippen MR) is 97.5 cm³/mol. The van der Waals surface area contributed by atoms with Crippen molar-refractivity contribution in [1.82, 2.24) is 10.3 Å². The quantitative estimate of drug-likeness (QED) is 0.733. The number of nitrogens with one attached hydrogen (secondary N) is 2. The monoisotopic (exact) mass is 355 g/mol. The third kappa shape index (κ3) is 4.54. The van der Waals surface area contributed by atoms with Gasteiger partial charge < -0.3 is 15.4 Å². The Bertz CT molecular complexity index is 846. The fraction of sp³-hybridized carbons (Fsp3) is 0.167. The van der Waals surface area contributed by atoms with Gasteiger partial charge in [-0.25, -0.2) is 9.78 Å². The van der Waals surface area contributed by atoms with Crippen molar-refractivity contribution in [1.29, 1.82) is 0 Å². The van der Waals surface area contributed by atoms with Crippen LogP contribution in [-0.4, -0.2) is 23.0 Å². The maximum Gasteiger partial charge on any atom is 0.408 e. The molecule has 0 aliphatic heterocycles. The van der Waals surface area contributed by atoms with E-state index in [9.17, 15) is 9.59 Å². The molecule has 3 rings (SSSR count). The number of alkyl carbamates (subject to hydrolysis) is 1. The van der Waals surface area contributed by atoms with E-state index in [2.05, 4.69) is 15.6 Å². The van der Waals surface area contributed by atoms with Crippen molar-refractivity contribution in [2.75, 3.05) is 5.32 Å². The molecule has 7 heteroatoms. The van der Waals surface area contributed by atoms with Crippen molar-refractivity contribution >= 4 is 38.7 Å². The Morgan fingerprint density at radius 1 is 1.12 bits per heavy atom. The predicted octanol–water partition coefficient (Wildman–Crippen LogP) is 3.55. The molecule has 0 saturated heterocycles. The second-order valence-electron chi connectivity index (χ2n) is 5.40. The number of hydrogen-bond acceptors (Lipinski definition) is 5. The molecule has 1 aromatic heterocycles. The van der Waals surface area contributed by atoms with Crippen LogP contribution in [-0.2, 0) is 16.1 Å². The molecular weight excluding hydrogens is 338 g/mol. The molecule has 6 nitrogen and oxygen atoms in total. The Kier molecular flexibility index (Phi) is 5.25. The van der Waals surface area contributed by atoms with Crippen molar-refractivity contribution in [3.05, 3.63) is 60.2 Å². The maximum absolute atomic E-state index is 12.2. The van der Waals surface area contributed by atoms with Gasteiger partial charge in [0, 0.05) is 0 Å². The number of amides is 2. The second kappa shape index (κ2) is 7.76. The number of ether oxygens (including phenoxy) is 1. The molecule has 3 aromatic rings. The lowest BCUT2D eigenvalue weighted by Crippen LogP contribution is -2.41. The molecule has 0 unspecified atom stereocenters. The van der Waals surface area contributed by atoms with Crippen molar-refractivity contribution in [3.63, 3.8) is 0 Å². The Morgan fingerprint density at radius 2 is 1.84 bits per heavy atom. The highest BCUT2D eigenvalue weighted by molar-refractivity contribution is 7.22. The van der Waals surface area contributed by atoms with Gasteiger partial charge in [0.15, 0.2) is 5.13 Å². The number of aromatic nitrogens is 1. The standard InChI is InChI=1S/C18H17N3O3S/c1-12(19-18(23)24-11-13-7-3-2-4-8-13)16(22)21-17-20-14-9-5-6-10-15(14)25-17/h2-10,12H,11H2,1H3,(H,19,23)(H,20,21,22)/t12-/m1/s1. The highest BCUT2D eigenvalue weighted by Gasteiger charge is 2.18. The van der Waals surface area contributed by atoms with Gasteiger partial charge in [0.1, 0.15) is 12.6 Å². The highest BCUT2D eigenvalue weighted by atomic mass is 32.1. The highest BCUT2D eigenvalue weighted by Crippen LogP contribution is 2.25.